The highest BCUT2D eigenvalue weighted by Crippen LogP contribution is 2.26. The molecular weight excluding hydrogens is 240 g/mol. The monoisotopic (exact) mass is 256 g/mol. The van der Waals surface area contributed by atoms with Crippen LogP contribution in [0.2, 0.25) is 0 Å². The van der Waals surface area contributed by atoms with Crippen LogP contribution < -0.4 is 10.2 Å². The summed E-state index contributed by atoms with van der Waals surface area (Å²) in [6.07, 6.45) is 0.303. The molecular formula is C10H16N4O2S. The topological polar surface area (TPSA) is 67.4 Å². The van der Waals surface area contributed by atoms with Crippen LogP contribution in [0.4, 0.5) is 5.00 Å². The molecule has 1 aliphatic rings. The van der Waals surface area contributed by atoms with E-state index in [-0.39, 0.29) is 18.1 Å². The average molecular weight is 256 g/mol. The lowest BCUT2D eigenvalue weighted by molar-refractivity contribution is -0.00507. The number of amides is 1. The Morgan fingerprint density at radius 1 is 1.47 bits per heavy atom. The lowest BCUT2D eigenvalue weighted by Crippen LogP contribution is -2.45. The molecule has 0 radical (unpaired) electrons. The van der Waals surface area contributed by atoms with Crippen molar-refractivity contribution in [3.05, 3.63) is 5.69 Å². The Kier molecular flexibility index (Phi) is 3.58. The van der Waals surface area contributed by atoms with Crippen molar-refractivity contribution in [1.82, 2.24) is 14.9 Å². The summed E-state index contributed by atoms with van der Waals surface area (Å²) in [4.78, 5) is 13.8. The molecule has 0 spiro atoms. The van der Waals surface area contributed by atoms with E-state index < -0.39 is 0 Å². The van der Waals surface area contributed by atoms with Crippen LogP contribution in [0, 0.1) is 0 Å². The molecule has 1 aliphatic heterocycles. The lowest BCUT2D eigenvalue weighted by atomic mass is 10.2. The standard InChI is InChI=1S/C10H16N4O2S/c1-6-4-14(5-7(2)16-6)10-8(9(15)11-3)12-13-17-10/h6-7H,4-5H2,1-3H3,(H,11,15)/t6-,7-/m0/s1. The molecule has 0 aromatic carbocycles. The molecule has 6 nitrogen and oxygen atoms in total. The Morgan fingerprint density at radius 2 is 2.12 bits per heavy atom. The molecule has 0 bridgehead atoms. The third-order valence-electron chi connectivity index (χ3n) is 2.62. The molecule has 2 heterocycles. The fourth-order valence-electron chi connectivity index (χ4n) is 2.00. The Labute approximate surface area is 104 Å². The molecule has 1 fully saturated rings. The number of ether oxygens (including phenoxy) is 1. The number of rotatable bonds is 2. The first-order valence-corrected chi connectivity index (χ1v) is 6.34. The highest BCUT2D eigenvalue weighted by Gasteiger charge is 2.27. The second kappa shape index (κ2) is 4.97. The minimum atomic E-state index is -0.194. The SMILES string of the molecule is CNC(=O)c1nnsc1N1C[C@H](C)O[C@@H](C)C1. The average Bonchev–Trinajstić information content (AvgIpc) is 2.75. The molecule has 1 saturated heterocycles. The normalized spacial score (nSPS) is 24.8. The van der Waals surface area contributed by atoms with E-state index in [1.54, 1.807) is 7.05 Å². The van der Waals surface area contributed by atoms with Gasteiger partial charge >= 0.3 is 0 Å². The highest BCUT2D eigenvalue weighted by atomic mass is 32.1. The van der Waals surface area contributed by atoms with Crippen molar-refractivity contribution in [2.75, 3.05) is 25.0 Å². The van der Waals surface area contributed by atoms with Gasteiger partial charge < -0.3 is 15.0 Å². The van der Waals surface area contributed by atoms with Gasteiger partial charge in [-0.1, -0.05) is 4.49 Å². The quantitative estimate of drug-likeness (QED) is 0.835. The Hall–Kier alpha value is -1.21. The van der Waals surface area contributed by atoms with Crippen LogP contribution in [0.5, 0.6) is 0 Å². The smallest absolute Gasteiger partial charge is 0.274 e. The van der Waals surface area contributed by atoms with Crippen LogP contribution in [0.15, 0.2) is 0 Å². The molecule has 1 aromatic heterocycles. The van der Waals surface area contributed by atoms with Crippen LogP contribution in [-0.4, -0.2) is 47.8 Å². The van der Waals surface area contributed by atoms with Gasteiger partial charge in [0, 0.05) is 31.7 Å². The van der Waals surface area contributed by atoms with Gasteiger partial charge in [-0.05, 0) is 13.8 Å². The number of carbonyl (C=O) groups excluding carboxylic acids is 1. The summed E-state index contributed by atoms with van der Waals surface area (Å²) >= 11 is 1.25. The predicted octanol–water partition coefficient (Wildman–Crippen LogP) is 0.511. The van der Waals surface area contributed by atoms with Crippen LogP contribution in [0.3, 0.4) is 0 Å². The molecule has 1 amide bonds. The number of morpholine rings is 1. The molecule has 0 aliphatic carbocycles. The van der Waals surface area contributed by atoms with Gasteiger partial charge in [0.15, 0.2) is 5.69 Å². The second-order valence-electron chi connectivity index (χ2n) is 4.17. The van der Waals surface area contributed by atoms with Gasteiger partial charge in [0.25, 0.3) is 5.91 Å². The molecule has 2 rings (SSSR count). The lowest BCUT2D eigenvalue weighted by Gasteiger charge is -2.35. The van der Waals surface area contributed by atoms with E-state index in [1.807, 2.05) is 13.8 Å². The van der Waals surface area contributed by atoms with E-state index >= 15 is 0 Å². The third kappa shape index (κ3) is 2.55. The number of carbonyl (C=O) groups is 1. The molecule has 2 atom stereocenters. The minimum Gasteiger partial charge on any atom is -0.372 e. The van der Waals surface area contributed by atoms with Crippen molar-refractivity contribution in [3.63, 3.8) is 0 Å². The first kappa shape index (κ1) is 12.3. The number of anilines is 1. The summed E-state index contributed by atoms with van der Waals surface area (Å²) in [6, 6.07) is 0. The highest BCUT2D eigenvalue weighted by molar-refractivity contribution is 7.10. The maximum absolute atomic E-state index is 11.6. The molecule has 17 heavy (non-hydrogen) atoms. The largest absolute Gasteiger partial charge is 0.372 e. The van der Waals surface area contributed by atoms with Gasteiger partial charge in [0.05, 0.1) is 12.2 Å². The maximum Gasteiger partial charge on any atom is 0.274 e. The van der Waals surface area contributed by atoms with E-state index in [9.17, 15) is 4.79 Å². The Balaban J connectivity index is 2.21. The molecule has 94 valence electrons. The van der Waals surface area contributed by atoms with Gasteiger partial charge in [0.2, 0.25) is 0 Å². The molecule has 0 saturated carbocycles. The second-order valence-corrected chi connectivity index (χ2v) is 4.90. The number of hydrogen-bond acceptors (Lipinski definition) is 6. The third-order valence-corrected chi connectivity index (χ3v) is 3.41. The van der Waals surface area contributed by atoms with Crippen LogP contribution in [0.1, 0.15) is 24.3 Å². The van der Waals surface area contributed by atoms with Crippen LogP contribution >= 0.6 is 11.5 Å². The van der Waals surface area contributed by atoms with Gasteiger partial charge in [-0.3, -0.25) is 4.79 Å². The van der Waals surface area contributed by atoms with Gasteiger partial charge in [-0.15, -0.1) is 5.10 Å². The fraction of sp³-hybridized carbons (Fsp3) is 0.700. The predicted molar refractivity (Wildman–Crippen MR) is 65.5 cm³/mol. The van der Waals surface area contributed by atoms with E-state index in [0.717, 1.165) is 18.1 Å². The van der Waals surface area contributed by atoms with Crippen LogP contribution in [-0.2, 0) is 4.74 Å². The zero-order valence-corrected chi connectivity index (χ0v) is 11.0. The van der Waals surface area contributed by atoms with Gasteiger partial charge in [0.1, 0.15) is 5.00 Å². The van der Waals surface area contributed by atoms with Crippen LogP contribution in [0.25, 0.3) is 0 Å². The fourth-order valence-corrected chi connectivity index (χ4v) is 2.68. The van der Waals surface area contributed by atoms with Crippen molar-refractivity contribution in [3.8, 4) is 0 Å². The summed E-state index contributed by atoms with van der Waals surface area (Å²) in [6.45, 7) is 5.57. The Bertz CT molecular complexity index is 399. The number of aromatic nitrogens is 2. The zero-order chi connectivity index (χ0) is 12.4. The van der Waals surface area contributed by atoms with Crippen molar-refractivity contribution in [2.24, 2.45) is 0 Å². The first-order chi connectivity index (χ1) is 8.11. The van der Waals surface area contributed by atoms with Crippen molar-refractivity contribution in [2.45, 2.75) is 26.1 Å². The number of hydrogen-bond donors (Lipinski definition) is 1. The molecule has 7 heteroatoms. The summed E-state index contributed by atoms with van der Waals surface area (Å²) < 4.78 is 9.53. The summed E-state index contributed by atoms with van der Waals surface area (Å²) in [5.74, 6) is -0.194. The Morgan fingerprint density at radius 3 is 2.71 bits per heavy atom. The minimum absolute atomic E-state index is 0.151. The summed E-state index contributed by atoms with van der Waals surface area (Å²) in [7, 11) is 1.59. The van der Waals surface area contributed by atoms with E-state index in [2.05, 4.69) is 19.8 Å². The van der Waals surface area contributed by atoms with Crippen molar-refractivity contribution >= 4 is 22.4 Å². The zero-order valence-electron chi connectivity index (χ0n) is 10.1. The van der Waals surface area contributed by atoms with E-state index in [4.69, 9.17) is 4.74 Å². The number of nitrogens with zero attached hydrogens (tertiary/aromatic N) is 3. The van der Waals surface area contributed by atoms with E-state index in [0.29, 0.717) is 5.69 Å². The molecule has 0 unspecified atom stereocenters. The first-order valence-electron chi connectivity index (χ1n) is 5.56. The van der Waals surface area contributed by atoms with Crippen molar-refractivity contribution < 1.29 is 9.53 Å². The van der Waals surface area contributed by atoms with Crippen molar-refractivity contribution in [1.29, 1.82) is 0 Å². The molecule has 1 N–H and O–H groups in total. The summed E-state index contributed by atoms with van der Waals surface area (Å²) in [5, 5.41) is 7.29. The summed E-state index contributed by atoms with van der Waals surface area (Å²) in [5.41, 5.74) is 0.402. The maximum atomic E-state index is 11.6. The van der Waals surface area contributed by atoms with Gasteiger partial charge in [-0.25, -0.2) is 0 Å². The molecule has 1 aromatic rings. The van der Waals surface area contributed by atoms with E-state index in [1.165, 1.54) is 11.5 Å². The number of nitrogens with one attached hydrogen (secondary N) is 1. The van der Waals surface area contributed by atoms with Gasteiger partial charge in [-0.2, -0.15) is 0 Å².